The molecule has 9 heteroatoms. The number of nitrogens with zero attached hydrogens (tertiary/aromatic N) is 6. The summed E-state index contributed by atoms with van der Waals surface area (Å²) in [6, 6.07) is 8.63. The number of carbonyl (C=O) groups is 1. The van der Waals surface area contributed by atoms with Gasteiger partial charge in [0.1, 0.15) is 17.3 Å². The zero-order chi connectivity index (χ0) is 24.9. The van der Waals surface area contributed by atoms with Crippen molar-refractivity contribution in [1.29, 1.82) is 0 Å². The molecule has 2 saturated heterocycles. The molecule has 1 amide bonds. The van der Waals surface area contributed by atoms with Crippen LogP contribution in [0, 0.1) is 5.92 Å². The maximum atomic E-state index is 12.6. The van der Waals surface area contributed by atoms with Crippen molar-refractivity contribution in [3.8, 4) is 0 Å². The molecule has 0 spiro atoms. The Balaban J connectivity index is 1.12. The second-order valence-corrected chi connectivity index (χ2v) is 10.4. The highest BCUT2D eigenvalue weighted by atomic mass is 16.3. The molecule has 5 heterocycles. The van der Waals surface area contributed by atoms with Crippen LogP contribution in [0.5, 0.6) is 0 Å². The highest BCUT2D eigenvalue weighted by Crippen LogP contribution is 2.23. The third kappa shape index (κ3) is 5.88. The molecule has 3 aromatic heterocycles. The molecule has 2 fully saturated rings. The van der Waals surface area contributed by atoms with Crippen molar-refractivity contribution in [3.63, 3.8) is 0 Å². The van der Waals surface area contributed by atoms with Crippen molar-refractivity contribution in [3.05, 3.63) is 41.6 Å². The molecular weight excluding hydrogens is 454 g/mol. The van der Waals surface area contributed by atoms with Gasteiger partial charge in [-0.25, -0.2) is 0 Å². The number of hydrogen-bond donors (Lipinski definition) is 1. The molecule has 9 nitrogen and oxygen atoms in total. The summed E-state index contributed by atoms with van der Waals surface area (Å²) in [5.41, 5.74) is 0.710. The lowest BCUT2D eigenvalue weighted by Crippen LogP contribution is -2.38. The molecule has 0 bridgehead atoms. The summed E-state index contributed by atoms with van der Waals surface area (Å²) in [4.78, 5) is 17.4. The predicted molar refractivity (Wildman–Crippen MR) is 139 cm³/mol. The topological polar surface area (TPSA) is 91.8 Å². The lowest BCUT2D eigenvalue weighted by atomic mass is 9.99. The van der Waals surface area contributed by atoms with Gasteiger partial charge in [0.25, 0.3) is 0 Å². The lowest BCUT2D eigenvalue weighted by Gasteiger charge is -2.34. The molecule has 0 aromatic carbocycles. The second kappa shape index (κ2) is 11.4. The number of rotatable bonds is 9. The van der Waals surface area contributed by atoms with E-state index in [9.17, 15) is 4.79 Å². The maximum absolute atomic E-state index is 12.6. The Hall–Kier alpha value is -2.94. The van der Waals surface area contributed by atoms with E-state index in [1.54, 1.807) is 4.52 Å². The van der Waals surface area contributed by atoms with Crippen molar-refractivity contribution < 1.29 is 9.21 Å². The molecule has 1 atom stereocenters. The van der Waals surface area contributed by atoms with Crippen LogP contribution in [0.2, 0.25) is 0 Å². The quantitative estimate of drug-likeness (QED) is 0.482. The maximum Gasteiger partial charge on any atom is 0.220 e. The molecule has 36 heavy (non-hydrogen) atoms. The fraction of sp³-hybridized carbons (Fsp3) is 0.630. The summed E-state index contributed by atoms with van der Waals surface area (Å²) >= 11 is 0. The van der Waals surface area contributed by atoms with Gasteiger partial charge in [-0.3, -0.25) is 9.69 Å². The monoisotopic (exact) mass is 493 g/mol. The highest BCUT2D eigenvalue weighted by Gasteiger charge is 2.22. The molecule has 1 unspecified atom stereocenters. The number of anilines is 1. The van der Waals surface area contributed by atoms with Crippen LogP contribution in [-0.4, -0.2) is 56.3 Å². The SMILES string of the molecule is CCC1CCCCN1Cc1ccc(CNC(=O)CCc2nnc3ccc(N4CCC(C)CC4)nn23)o1. The number of aryl methyl sites for hydroxylation is 1. The number of carbonyl (C=O) groups excluding carboxylic acids is 1. The average Bonchev–Trinajstić information content (AvgIpc) is 3.53. The van der Waals surface area contributed by atoms with Crippen LogP contribution in [0.15, 0.2) is 28.7 Å². The van der Waals surface area contributed by atoms with Gasteiger partial charge in [-0.1, -0.05) is 20.3 Å². The number of aromatic nitrogens is 4. The Morgan fingerprint density at radius 1 is 1.06 bits per heavy atom. The first kappa shape index (κ1) is 24.7. The molecule has 194 valence electrons. The number of nitrogens with one attached hydrogen (secondary N) is 1. The van der Waals surface area contributed by atoms with Crippen LogP contribution >= 0.6 is 0 Å². The number of likely N-dealkylation sites (tertiary alicyclic amines) is 1. The third-order valence-electron chi connectivity index (χ3n) is 7.75. The number of amides is 1. The molecule has 3 aromatic rings. The number of furan rings is 1. The molecule has 5 rings (SSSR count). The average molecular weight is 494 g/mol. The van der Waals surface area contributed by atoms with Gasteiger partial charge in [0.15, 0.2) is 11.5 Å². The van der Waals surface area contributed by atoms with Gasteiger partial charge >= 0.3 is 0 Å². The molecule has 0 radical (unpaired) electrons. The Bertz CT molecular complexity index is 1150. The Kier molecular flexibility index (Phi) is 7.84. The number of fused-ring (bicyclic) bond motifs is 1. The number of piperidine rings is 2. The smallest absolute Gasteiger partial charge is 0.220 e. The van der Waals surface area contributed by atoms with Crippen molar-refractivity contribution in [1.82, 2.24) is 30.0 Å². The van der Waals surface area contributed by atoms with Gasteiger partial charge in [0.05, 0.1) is 13.1 Å². The fourth-order valence-corrected chi connectivity index (χ4v) is 5.42. The van der Waals surface area contributed by atoms with Crippen molar-refractivity contribution >= 4 is 17.4 Å². The number of hydrogen-bond acceptors (Lipinski definition) is 7. The Morgan fingerprint density at radius 2 is 1.89 bits per heavy atom. The molecule has 2 aliphatic rings. The summed E-state index contributed by atoms with van der Waals surface area (Å²) in [7, 11) is 0. The van der Waals surface area contributed by atoms with E-state index in [0.717, 1.165) is 49.4 Å². The first-order valence-corrected chi connectivity index (χ1v) is 13.6. The lowest BCUT2D eigenvalue weighted by molar-refractivity contribution is -0.121. The van der Waals surface area contributed by atoms with Crippen LogP contribution in [0.3, 0.4) is 0 Å². The van der Waals surface area contributed by atoms with E-state index < -0.39 is 0 Å². The summed E-state index contributed by atoms with van der Waals surface area (Å²) in [5, 5.41) is 16.3. The predicted octanol–water partition coefficient (Wildman–Crippen LogP) is 3.97. The minimum atomic E-state index is -0.0343. The third-order valence-corrected chi connectivity index (χ3v) is 7.75. The Morgan fingerprint density at radius 3 is 2.72 bits per heavy atom. The summed E-state index contributed by atoms with van der Waals surface area (Å²) in [5.74, 6) is 4.15. The largest absolute Gasteiger partial charge is 0.463 e. The van der Waals surface area contributed by atoms with Crippen molar-refractivity contribution in [2.75, 3.05) is 24.5 Å². The molecule has 1 N–H and O–H groups in total. The minimum absolute atomic E-state index is 0.0343. The van der Waals surface area contributed by atoms with E-state index in [-0.39, 0.29) is 5.91 Å². The van der Waals surface area contributed by atoms with E-state index in [1.165, 1.54) is 38.5 Å². The Labute approximate surface area is 213 Å². The van der Waals surface area contributed by atoms with Crippen molar-refractivity contribution in [2.24, 2.45) is 5.92 Å². The van der Waals surface area contributed by atoms with Crippen LogP contribution in [0.25, 0.3) is 5.65 Å². The summed E-state index contributed by atoms with van der Waals surface area (Å²) in [6.07, 6.45) is 8.22. The van der Waals surface area contributed by atoms with Gasteiger partial charge in [-0.05, 0) is 68.8 Å². The van der Waals surface area contributed by atoms with Crippen LogP contribution < -0.4 is 10.2 Å². The van der Waals surface area contributed by atoms with Gasteiger partial charge in [0, 0.05) is 32.0 Å². The van der Waals surface area contributed by atoms with Gasteiger partial charge in [0.2, 0.25) is 5.91 Å². The van der Waals surface area contributed by atoms with E-state index in [0.29, 0.717) is 36.9 Å². The highest BCUT2D eigenvalue weighted by molar-refractivity contribution is 5.76. The molecule has 0 aliphatic carbocycles. The first-order valence-electron chi connectivity index (χ1n) is 13.6. The van der Waals surface area contributed by atoms with Crippen molar-refractivity contribution in [2.45, 2.75) is 84.3 Å². The second-order valence-electron chi connectivity index (χ2n) is 10.4. The summed E-state index contributed by atoms with van der Waals surface area (Å²) < 4.78 is 7.80. The van der Waals surface area contributed by atoms with Crippen LogP contribution in [0.1, 0.15) is 76.1 Å². The molecular formula is C27H39N7O2. The molecule has 2 aliphatic heterocycles. The standard InChI is InChI=1S/C27H39N7O2/c1-3-21-6-4-5-15-33(21)19-23-8-7-22(36-23)18-28-27(35)12-11-25-30-29-24-9-10-26(31-34(24)25)32-16-13-20(2)14-17-32/h7-10,20-21H,3-6,11-19H2,1-2H3,(H,28,35). The summed E-state index contributed by atoms with van der Waals surface area (Å²) in [6.45, 7) is 8.98. The molecule has 0 saturated carbocycles. The van der Waals surface area contributed by atoms with Gasteiger partial charge in [-0.15, -0.1) is 15.3 Å². The fourth-order valence-electron chi connectivity index (χ4n) is 5.42. The van der Waals surface area contributed by atoms with Gasteiger partial charge in [-0.2, -0.15) is 4.52 Å². The van der Waals surface area contributed by atoms with E-state index in [1.807, 2.05) is 24.3 Å². The van der Waals surface area contributed by atoms with Gasteiger partial charge < -0.3 is 14.6 Å². The zero-order valence-corrected chi connectivity index (χ0v) is 21.7. The van der Waals surface area contributed by atoms with Crippen LogP contribution in [0.4, 0.5) is 5.82 Å². The normalized spacial score (nSPS) is 19.7. The first-order chi connectivity index (χ1) is 17.6. The zero-order valence-electron chi connectivity index (χ0n) is 21.7. The van der Waals surface area contributed by atoms with E-state index >= 15 is 0 Å². The van der Waals surface area contributed by atoms with E-state index in [4.69, 9.17) is 9.52 Å². The van der Waals surface area contributed by atoms with Crippen LogP contribution in [-0.2, 0) is 24.3 Å². The van der Waals surface area contributed by atoms with E-state index in [2.05, 4.69) is 39.2 Å². The minimum Gasteiger partial charge on any atom is -0.463 e.